The van der Waals surface area contributed by atoms with Crippen molar-refractivity contribution >= 4 is 33.7 Å². The van der Waals surface area contributed by atoms with Gasteiger partial charge in [-0.15, -0.1) is 0 Å². The van der Waals surface area contributed by atoms with Crippen LogP contribution in [-0.2, 0) is 7.05 Å². The Morgan fingerprint density at radius 1 is 0.769 bits per heavy atom. The molecule has 6 nitrogen and oxygen atoms in total. The zero-order valence-electron chi connectivity index (χ0n) is 22.3. The molecule has 0 aliphatic heterocycles. The van der Waals surface area contributed by atoms with Crippen molar-refractivity contribution in [3.8, 4) is 5.75 Å². The molecule has 5 aromatic rings. The normalized spacial score (nSPS) is 11.8. The smallest absolute Gasteiger partial charge is 0.265 e. The third-order valence-electron chi connectivity index (χ3n) is 7.11. The molecule has 39 heavy (non-hydrogen) atoms. The first-order valence-corrected chi connectivity index (χ1v) is 12.9. The lowest BCUT2D eigenvalue weighted by atomic mass is 9.94. The first-order chi connectivity index (χ1) is 18.9. The van der Waals surface area contributed by atoms with Crippen LogP contribution in [-0.4, -0.2) is 29.6 Å². The Kier molecular flexibility index (Phi) is 7.19. The molecule has 0 fully saturated rings. The summed E-state index contributed by atoms with van der Waals surface area (Å²) in [6, 6.07) is 34.5. The number of nitrogens with zero attached hydrogens (tertiary/aromatic N) is 3. The van der Waals surface area contributed by atoms with E-state index < -0.39 is 17.4 Å². The number of pyridine rings is 1. The maximum Gasteiger partial charge on any atom is 0.265 e. The molecule has 5 rings (SSSR count). The number of rotatable bonds is 8. The van der Waals surface area contributed by atoms with E-state index in [2.05, 4.69) is 4.90 Å². The highest BCUT2D eigenvalue weighted by atomic mass is 16.3. The number of Topliss-reactive ketones (excluding diaryl/α,β-unsaturated/α-hetero) is 1. The fraction of sp³-hybridized carbons (Fsp3) is 0.152. The first-order valence-electron chi connectivity index (χ1n) is 12.9. The summed E-state index contributed by atoms with van der Waals surface area (Å²) in [4.78, 5) is 31.5. The number of benzene rings is 4. The van der Waals surface area contributed by atoms with Gasteiger partial charge in [0.05, 0.1) is 11.6 Å². The maximum absolute atomic E-state index is 14.0. The summed E-state index contributed by atoms with van der Waals surface area (Å²) in [7, 11) is 5.58. The number of aryl methyl sites for hydroxylation is 1. The van der Waals surface area contributed by atoms with Gasteiger partial charge in [-0.05, 0) is 54.1 Å². The molecule has 0 bridgehead atoms. The van der Waals surface area contributed by atoms with Gasteiger partial charge in [0.2, 0.25) is 0 Å². The highest BCUT2D eigenvalue weighted by molar-refractivity contribution is 6.04. The van der Waals surface area contributed by atoms with Crippen LogP contribution in [0.1, 0.15) is 28.4 Å². The summed E-state index contributed by atoms with van der Waals surface area (Å²) in [6.07, 6.45) is -0.0216. The molecule has 1 unspecified atom stereocenters. The number of hydrogen-bond donors (Lipinski definition) is 1. The maximum atomic E-state index is 14.0. The van der Waals surface area contributed by atoms with E-state index in [1.54, 1.807) is 31.3 Å². The van der Waals surface area contributed by atoms with E-state index in [1.807, 2.05) is 104 Å². The van der Waals surface area contributed by atoms with Crippen molar-refractivity contribution in [2.45, 2.75) is 12.5 Å². The number of hydrogen-bond acceptors (Lipinski definition) is 5. The van der Waals surface area contributed by atoms with Crippen LogP contribution in [0.5, 0.6) is 5.75 Å². The van der Waals surface area contributed by atoms with Crippen molar-refractivity contribution < 1.29 is 9.90 Å². The van der Waals surface area contributed by atoms with Gasteiger partial charge in [-0.2, -0.15) is 0 Å². The predicted octanol–water partition coefficient (Wildman–Crippen LogP) is 6.46. The van der Waals surface area contributed by atoms with Gasteiger partial charge >= 0.3 is 0 Å². The molecule has 6 heteroatoms. The minimum atomic E-state index is -0.510. The quantitative estimate of drug-likeness (QED) is 0.239. The molecule has 0 aliphatic carbocycles. The van der Waals surface area contributed by atoms with E-state index in [9.17, 15) is 14.7 Å². The highest BCUT2D eigenvalue weighted by Gasteiger charge is 2.29. The minimum absolute atomic E-state index is 0.0216. The number of fused-ring (bicyclic) bond motifs is 1. The van der Waals surface area contributed by atoms with E-state index in [-0.39, 0.29) is 17.7 Å². The molecular formula is C33H31N3O3. The van der Waals surface area contributed by atoms with Crippen LogP contribution in [0, 0.1) is 0 Å². The molecule has 4 aromatic carbocycles. The van der Waals surface area contributed by atoms with Gasteiger partial charge in [0, 0.05) is 50.0 Å². The third kappa shape index (κ3) is 5.01. The summed E-state index contributed by atoms with van der Waals surface area (Å²) in [5, 5.41) is 11.6. The largest absolute Gasteiger partial charge is 0.506 e. The van der Waals surface area contributed by atoms with Crippen LogP contribution in [0.25, 0.3) is 10.9 Å². The van der Waals surface area contributed by atoms with Gasteiger partial charge in [-0.1, -0.05) is 60.7 Å². The summed E-state index contributed by atoms with van der Waals surface area (Å²) in [5.74, 6) is -0.691. The van der Waals surface area contributed by atoms with E-state index in [0.717, 1.165) is 22.6 Å². The van der Waals surface area contributed by atoms with Crippen molar-refractivity contribution in [2.75, 3.05) is 23.9 Å². The average Bonchev–Trinajstić information content (AvgIpc) is 2.97. The number of carbonyl (C=O) groups excluding carboxylic acids is 1. The van der Waals surface area contributed by atoms with E-state index in [0.29, 0.717) is 10.9 Å². The van der Waals surface area contributed by atoms with Gasteiger partial charge in [0.1, 0.15) is 11.3 Å². The van der Waals surface area contributed by atoms with Gasteiger partial charge in [-0.3, -0.25) is 9.59 Å². The predicted molar refractivity (Wildman–Crippen MR) is 158 cm³/mol. The van der Waals surface area contributed by atoms with Crippen LogP contribution >= 0.6 is 0 Å². The van der Waals surface area contributed by atoms with Crippen molar-refractivity contribution in [3.05, 3.63) is 131 Å². The Morgan fingerprint density at radius 3 is 1.87 bits per heavy atom. The second-order valence-electron chi connectivity index (χ2n) is 9.78. The molecule has 1 atom stereocenters. The Hall–Kier alpha value is -4.84. The SMILES string of the molecule is CN(C)c1ccc(C(CC(=O)c2c(O)c3ccccc3n(C)c2=O)N(c2ccccc2)c2ccccc2)cc1. The van der Waals surface area contributed by atoms with Crippen LogP contribution in [0.2, 0.25) is 0 Å². The average molecular weight is 518 g/mol. The molecule has 196 valence electrons. The van der Waals surface area contributed by atoms with Gasteiger partial charge < -0.3 is 19.5 Å². The minimum Gasteiger partial charge on any atom is -0.506 e. The lowest BCUT2D eigenvalue weighted by Crippen LogP contribution is -2.30. The van der Waals surface area contributed by atoms with Crippen LogP contribution in [0.3, 0.4) is 0 Å². The standard InChI is InChI=1S/C33H31N3O3/c1-34(2)24-20-18-23(19-21-24)29(36(25-12-6-4-7-13-25)26-14-8-5-9-15-26)22-30(37)31-32(38)27-16-10-11-17-28(27)35(3)33(31)39/h4-21,29,38H,22H2,1-3H3. The first kappa shape index (κ1) is 25.8. The molecule has 1 heterocycles. The molecule has 1 N–H and O–H groups in total. The molecular weight excluding hydrogens is 486 g/mol. The Balaban J connectivity index is 1.67. The van der Waals surface area contributed by atoms with Gasteiger partial charge in [0.15, 0.2) is 5.78 Å². The topological polar surface area (TPSA) is 65.8 Å². The molecule has 0 amide bonds. The second-order valence-corrected chi connectivity index (χ2v) is 9.78. The van der Waals surface area contributed by atoms with Crippen molar-refractivity contribution in [1.82, 2.24) is 4.57 Å². The van der Waals surface area contributed by atoms with Crippen molar-refractivity contribution in [2.24, 2.45) is 7.05 Å². The van der Waals surface area contributed by atoms with Crippen molar-refractivity contribution in [3.63, 3.8) is 0 Å². The molecule has 1 aromatic heterocycles. The number of carbonyl (C=O) groups is 1. The van der Waals surface area contributed by atoms with Crippen LogP contribution in [0.15, 0.2) is 114 Å². The van der Waals surface area contributed by atoms with Crippen molar-refractivity contribution in [1.29, 1.82) is 0 Å². The van der Waals surface area contributed by atoms with E-state index in [4.69, 9.17) is 0 Å². The fourth-order valence-corrected chi connectivity index (χ4v) is 5.05. The summed E-state index contributed by atoms with van der Waals surface area (Å²) in [5.41, 5.74) is 3.65. The second kappa shape index (κ2) is 10.9. The van der Waals surface area contributed by atoms with E-state index >= 15 is 0 Å². The zero-order chi connectivity index (χ0) is 27.5. The highest BCUT2D eigenvalue weighted by Crippen LogP contribution is 2.39. The third-order valence-corrected chi connectivity index (χ3v) is 7.11. The molecule has 0 spiro atoms. The number of anilines is 3. The molecule has 0 radical (unpaired) electrons. The van der Waals surface area contributed by atoms with Gasteiger partial charge in [-0.25, -0.2) is 0 Å². The summed E-state index contributed by atoms with van der Waals surface area (Å²) < 4.78 is 1.43. The lowest BCUT2D eigenvalue weighted by Gasteiger charge is -2.34. The fourth-order valence-electron chi connectivity index (χ4n) is 5.05. The van der Waals surface area contributed by atoms with Crippen LogP contribution < -0.4 is 15.4 Å². The molecule has 0 aliphatic rings. The summed E-state index contributed by atoms with van der Waals surface area (Å²) in [6.45, 7) is 0. The van der Waals surface area contributed by atoms with Gasteiger partial charge in [0.25, 0.3) is 5.56 Å². The molecule has 0 saturated heterocycles. The number of aromatic nitrogens is 1. The monoisotopic (exact) mass is 517 g/mol. The summed E-state index contributed by atoms with van der Waals surface area (Å²) >= 11 is 0. The van der Waals surface area contributed by atoms with E-state index in [1.165, 1.54) is 4.57 Å². The number of para-hydroxylation sites is 3. The lowest BCUT2D eigenvalue weighted by molar-refractivity contribution is 0.0969. The Bertz CT molecular complexity index is 1620. The number of ketones is 1. The Labute approximate surface area is 228 Å². The number of aromatic hydroxyl groups is 1. The zero-order valence-corrected chi connectivity index (χ0v) is 22.3. The molecule has 0 saturated carbocycles. The Morgan fingerprint density at radius 2 is 1.31 bits per heavy atom. The van der Waals surface area contributed by atoms with Crippen LogP contribution in [0.4, 0.5) is 17.1 Å².